The highest BCUT2D eigenvalue weighted by Crippen LogP contribution is 2.26. The lowest BCUT2D eigenvalue weighted by Crippen LogP contribution is -2.26. The predicted molar refractivity (Wildman–Crippen MR) is 83.0 cm³/mol. The van der Waals surface area contributed by atoms with Crippen LogP contribution in [-0.4, -0.2) is 14.3 Å². The number of amides is 1. The second-order valence-corrected chi connectivity index (χ2v) is 7.74. The van der Waals surface area contributed by atoms with Crippen LogP contribution in [0, 0.1) is 0 Å². The van der Waals surface area contributed by atoms with Gasteiger partial charge >= 0.3 is 0 Å². The van der Waals surface area contributed by atoms with Gasteiger partial charge in [-0.1, -0.05) is 11.6 Å². The first-order chi connectivity index (χ1) is 9.77. The third kappa shape index (κ3) is 4.04. The number of thiophene rings is 1. The number of hydrogen-bond donors (Lipinski definition) is 2. The maximum absolute atomic E-state index is 12.1. The number of nitrogens with one attached hydrogen (secondary N) is 1. The van der Waals surface area contributed by atoms with Crippen LogP contribution in [0.4, 0.5) is 0 Å². The third-order valence-electron chi connectivity index (χ3n) is 2.76. The van der Waals surface area contributed by atoms with Crippen molar-refractivity contribution in [2.24, 2.45) is 5.14 Å². The van der Waals surface area contributed by atoms with Crippen molar-refractivity contribution >= 4 is 38.9 Å². The summed E-state index contributed by atoms with van der Waals surface area (Å²) in [5, 5.41) is 8.40. The molecule has 1 aromatic heterocycles. The Hall–Kier alpha value is -1.41. The molecule has 1 atom stereocenters. The SMILES string of the molecule is CC(NC(=O)c1ccc(Cl)cc1)c1ccc(S(N)(=O)=O)s1. The molecule has 0 saturated heterocycles. The van der Waals surface area contributed by atoms with Crippen molar-refractivity contribution in [1.29, 1.82) is 0 Å². The number of hydrogen-bond acceptors (Lipinski definition) is 4. The molecule has 1 unspecified atom stereocenters. The van der Waals surface area contributed by atoms with Crippen molar-refractivity contribution in [2.75, 3.05) is 0 Å². The van der Waals surface area contributed by atoms with Gasteiger partial charge in [-0.2, -0.15) is 0 Å². The van der Waals surface area contributed by atoms with Gasteiger partial charge in [-0.15, -0.1) is 11.3 Å². The van der Waals surface area contributed by atoms with E-state index in [4.69, 9.17) is 16.7 Å². The van der Waals surface area contributed by atoms with Crippen LogP contribution in [-0.2, 0) is 10.0 Å². The number of carbonyl (C=O) groups is 1. The van der Waals surface area contributed by atoms with E-state index < -0.39 is 10.0 Å². The number of rotatable bonds is 4. The zero-order valence-corrected chi connectivity index (χ0v) is 13.4. The van der Waals surface area contributed by atoms with Gasteiger partial charge in [-0.3, -0.25) is 4.79 Å². The van der Waals surface area contributed by atoms with Crippen molar-refractivity contribution in [1.82, 2.24) is 5.32 Å². The summed E-state index contributed by atoms with van der Waals surface area (Å²) in [6.45, 7) is 1.77. The highest BCUT2D eigenvalue weighted by Gasteiger charge is 2.17. The van der Waals surface area contributed by atoms with Gasteiger partial charge in [-0.05, 0) is 43.3 Å². The fraction of sp³-hybridized carbons (Fsp3) is 0.154. The van der Waals surface area contributed by atoms with Crippen molar-refractivity contribution in [3.05, 3.63) is 51.9 Å². The van der Waals surface area contributed by atoms with Crippen LogP contribution in [0.3, 0.4) is 0 Å². The molecule has 3 N–H and O–H groups in total. The minimum Gasteiger partial charge on any atom is -0.345 e. The Bertz CT molecular complexity index is 754. The molecule has 112 valence electrons. The van der Waals surface area contributed by atoms with Gasteiger partial charge in [0.05, 0.1) is 6.04 Å². The summed E-state index contributed by atoms with van der Waals surface area (Å²) in [5.74, 6) is -0.260. The molecular weight excluding hydrogens is 332 g/mol. The minimum absolute atomic E-state index is 0.0742. The number of sulfonamides is 1. The molecule has 21 heavy (non-hydrogen) atoms. The summed E-state index contributed by atoms with van der Waals surface area (Å²) in [7, 11) is -3.71. The number of carbonyl (C=O) groups excluding carboxylic acids is 1. The zero-order chi connectivity index (χ0) is 15.6. The van der Waals surface area contributed by atoms with Gasteiger partial charge < -0.3 is 5.32 Å². The molecule has 8 heteroatoms. The Morgan fingerprint density at radius 3 is 2.38 bits per heavy atom. The zero-order valence-electron chi connectivity index (χ0n) is 11.0. The first kappa shape index (κ1) is 16.0. The second-order valence-electron chi connectivity index (χ2n) is 4.40. The van der Waals surface area contributed by atoms with E-state index in [0.717, 1.165) is 11.3 Å². The van der Waals surface area contributed by atoms with Crippen LogP contribution >= 0.6 is 22.9 Å². The van der Waals surface area contributed by atoms with Crippen LogP contribution < -0.4 is 10.5 Å². The second kappa shape index (κ2) is 6.15. The molecule has 0 radical (unpaired) electrons. The van der Waals surface area contributed by atoms with Gasteiger partial charge in [0.15, 0.2) is 0 Å². The lowest BCUT2D eigenvalue weighted by Gasteiger charge is -2.12. The normalized spacial score (nSPS) is 12.9. The minimum atomic E-state index is -3.71. The van der Waals surface area contributed by atoms with Crippen LogP contribution in [0.25, 0.3) is 0 Å². The standard InChI is InChI=1S/C13H13ClN2O3S2/c1-8(11-6-7-12(20-11)21(15,18)19)16-13(17)9-2-4-10(14)5-3-9/h2-8H,1H3,(H,16,17)(H2,15,18,19). The summed E-state index contributed by atoms with van der Waals surface area (Å²) in [5.41, 5.74) is 0.481. The van der Waals surface area contributed by atoms with Crippen molar-refractivity contribution < 1.29 is 13.2 Å². The molecule has 1 aromatic carbocycles. The van der Waals surface area contributed by atoms with E-state index in [-0.39, 0.29) is 16.2 Å². The van der Waals surface area contributed by atoms with E-state index in [1.54, 1.807) is 37.3 Å². The Labute approximate surface area is 131 Å². The molecule has 0 bridgehead atoms. The Morgan fingerprint density at radius 2 is 1.86 bits per heavy atom. The van der Waals surface area contributed by atoms with Gasteiger partial charge in [0.1, 0.15) is 4.21 Å². The Kier molecular flexibility index (Phi) is 4.67. The van der Waals surface area contributed by atoms with E-state index in [1.165, 1.54) is 6.07 Å². The van der Waals surface area contributed by atoms with Crippen LogP contribution in [0.5, 0.6) is 0 Å². The third-order valence-corrected chi connectivity index (χ3v) is 5.72. The first-order valence-electron chi connectivity index (χ1n) is 5.96. The summed E-state index contributed by atoms with van der Waals surface area (Å²) >= 11 is 6.80. The lowest BCUT2D eigenvalue weighted by molar-refractivity contribution is 0.0940. The van der Waals surface area contributed by atoms with Crippen molar-refractivity contribution in [3.8, 4) is 0 Å². The molecule has 2 rings (SSSR count). The largest absolute Gasteiger partial charge is 0.345 e. The smallest absolute Gasteiger partial charge is 0.251 e. The van der Waals surface area contributed by atoms with Crippen molar-refractivity contribution in [2.45, 2.75) is 17.2 Å². The van der Waals surface area contributed by atoms with Gasteiger partial charge in [0.2, 0.25) is 10.0 Å². The number of primary sulfonamides is 1. The molecule has 0 saturated carbocycles. The number of benzene rings is 1. The lowest BCUT2D eigenvalue weighted by atomic mass is 10.2. The highest BCUT2D eigenvalue weighted by atomic mass is 35.5. The summed E-state index contributed by atoms with van der Waals surface area (Å²) < 4.78 is 22.5. The van der Waals surface area contributed by atoms with E-state index >= 15 is 0 Å². The quantitative estimate of drug-likeness (QED) is 0.893. The molecule has 1 amide bonds. The van der Waals surface area contributed by atoms with E-state index in [1.807, 2.05) is 0 Å². The predicted octanol–water partition coefficient (Wildman–Crippen LogP) is 2.54. The molecule has 1 heterocycles. The van der Waals surface area contributed by atoms with Crippen molar-refractivity contribution in [3.63, 3.8) is 0 Å². The Morgan fingerprint density at radius 1 is 1.24 bits per heavy atom. The number of nitrogens with two attached hydrogens (primary N) is 1. The summed E-state index contributed by atoms with van der Waals surface area (Å²) in [6, 6.07) is 9.24. The maximum atomic E-state index is 12.1. The van der Waals surface area contributed by atoms with Crippen LogP contribution in [0.2, 0.25) is 5.02 Å². The van der Waals surface area contributed by atoms with E-state index in [0.29, 0.717) is 15.5 Å². The van der Waals surface area contributed by atoms with Gasteiger partial charge in [0, 0.05) is 15.5 Å². The molecule has 0 aliphatic heterocycles. The molecule has 0 aliphatic carbocycles. The van der Waals surface area contributed by atoms with Crippen LogP contribution in [0.15, 0.2) is 40.6 Å². The molecule has 0 spiro atoms. The van der Waals surface area contributed by atoms with Crippen LogP contribution in [0.1, 0.15) is 28.2 Å². The van der Waals surface area contributed by atoms with E-state index in [9.17, 15) is 13.2 Å². The molecular formula is C13H13ClN2O3S2. The molecule has 2 aromatic rings. The molecule has 0 fully saturated rings. The molecule has 0 aliphatic rings. The summed E-state index contributed by atoms with van der Waals surface area (Å²) in [6.07, 6.45) is 0. The fourth-order valence-corrected chi connectivity index (χ4v) is 3.55. The average molecular weight is 345 g/mol. The monoisotopic (exact) mass is 344 g/mol. The van der Waals surface area contributed by atoms with E-state index in [2.05, 4.69) is 5.32 Å². The molecule has 5 nitrogen and oxygen atoms in total. The maximum Gasteiger partial charge on any atom is 0.251 e. The summed E-state index contributed by atoms with van der Waals surface area (Å²) in [4.78, 5) is 12.8. The number of halogens is 1. The van der Waals surface area contributed by atoms with Gasteiger partial charge in [0.25, 0.3) is 5.91 Å². The highest BCUT2D eigenvalue weighted by molar-refractivity contribution is 7.91. The first-order valence-corrected chi connectivity index (χ1v) is 8.70. The topological polar surface area (TPSA) is 89.3 Å². The van der Waals surface area contributed by atoms with Gasteiger partial charge in [-0.25, -0.2) is 13.6 Å². The Balaban J connectivity index is 2.11. The fourth-order valence-electron chi connectivity index (χ4n) is 1.67. The average Bonchev–Trinajstić information content (AvgIpc) is 2.88.